The minimum absolute atomic E-state index is 0.940. The zero-order chi connectivity index (χ0) is 6.69. The van der Waals surface area contributed by atoms with E-state index in [4.69, 9.17) is 0 Å². The summed E-state index contributed by atoms with van der Waals surface area (Å²) in [4.78, 5) is 0. The van der Waals surface area contributed by atoms with Gasteiger partial charge in [-0.05, 0) is 32.6 Å². The number of hydrogen-bond acceptors (Lipinski definition) is 0. The first kappa shape index (κ1) is 6.85. The number of hydrogen-bond donors (Lipinski definition) is 0. The second kappa shape index (κ2) is 3.05. The van der Waals surface area contributed by atoms with Crippen molar-refractivity contribution in [3.05, 3.63) is 11.6 Å². The van der Waals surface area contributed by atoms with Gasteiger partial charge in [-0.3, -0.25) is 0 Å². The minimum atomic E-state index is 0.940. The van der Waals surface area contributed by atoms with E-state index in [-0.39, 0.29) is 0 Å². The van der Waals surface area contributed by atoms with Crippen molar-refractivity contribution in [1.82, 2.24) is 0 Å². The molecular weight excluding hydrogens is 108 g/mol. The van der Waals surface area contributed by atoms with Crippen molar-refractivity contribution in [3.63, 3.8) is 0 Å². The van der Waals surface area contributed by atoms with E-state index in [9.17, 15) is 0 Å². The highest BCUT2D eigenvalue weighted by molar-refractivity contribution is 5.03. The lowest BCUT2D eigenvalue weighted by Gasteiger charge is -2.07. The quantitative estimate of drug-likeness (QED) is 0.471. The van der Waals surface area contributed by atoms with Gasteiger partial charge in [0.05, 0.1) is 0 Å². The Hall–Kier alpha value is -0.260. The van der Waals surface area contributed by atoms with Crippen molar-refractivity contribution >= 4 is 0 Å². The lowest BCUT2D eigenvalue weighted by molar-refractivity contribution is 0.641. The summed E-state index contributed by atoms with van der Waals surface area (Å²) in [5.74, 6) is 0.940. The Labute approximate surface area is 58.0 Å². The molecule has 1 saturated carbocycles. The first-order valence-corrected chi connectivity index (χ1v) is 3.97. The van der Waals surface area contributed by atoms with Crippen LogP contribution in [0.25, 0.3) is 0 Å². The molecule has 0 heteroatoms. The standard InChI is InChI=1S/C9H16/c1-3-8(2)9-6-4-5-7-9/h3,9H,4-7H2,1-2H3. The van der Waals surface area contributed by atoms with Gasteiger partial charge in [-0.2, -0.15) is 0 Å². The SMILES string of the molecule is CC=C(C)C1CCCC1. The first-order valence-electron chi connectivity index (χ1n) is 3.97. The van der Waals surface area contributed by atoms with E-state index >= 15 is 0 Å². The normalized spacial score (nSPS) is 23.1. The molecule has 0 saturated heterocycles. The third kappa shape index (κ3) is 1.57. The summed E-state index contributed by atoms with van der Waals surface area (Å²) in [5.41, 5.74) is 1.60. The van der Waals surface area contributed by atoms with Crippen LogP contribution in [0.15, 0.2) is 11.6 Å². The molecule has 0 radical (unpaired) electrons. The molecule has 0 nitrogen and oxygen atoms in total. The van der Waals surface area contributed by atoms with Crippen LogP contribution in [0.4, 0.5) is 0 Å². The van der Waals surface area contributed by atoms with Crippen molar-refractivity contribution in [2.24, 2.45) is 5.92 Å². The Morgan fingerprint density at radius 2 is 1.89 bits per heavy atom. The van der Waals surface area contributed by atoms with Crippen LogP contribution in [0.5, 0.6) is 0 Å². The summed E-state index contributed by atoms with van der Waals surface area (Å²) in [5, 5.41) is 0. The van der Waals surface area contributed by atoms with Gasteiger partial charge in [-0.25, -0.2) is 0 Å². The predicted molar refractivity (Wildman–Crippen MR) is 41.4 cm³/mol. The number of rotatable bonds is 1. The molecule has 0 unspecified atom stereocenters. The maximum Gasteiger partial charge on any atom is -0.0206 e. The predicted octanol–water partition coefficient (Wildman–Crippen LogP) is 3.14. The van der Waals surface area contributed by atoms with E-state index in [1.165, 1.54) is 25.7 Å². The van der Waals surface area contributed by atoms with Gasteiger partial charge in [0.2, 0.25) is 0 Å². The van der Waals surface area contributed by atoms with Gasteiger partial charge in [-0.15, -0.1) is 0 Å². The fourth-order valence-corrected chi connectivity index (χ4v) is 1.62. The summed E-state index contributed by atoms with van der Waals surface area (Å²) in [6.45, 7) is 4.41. The zero-order valence-corrected chi connectivity index (χ0v) is 6.48. The average molecular weight is 124 g/mol. The first-order chi connectivity index (χ1) is 4.34. The van der Waals surface area contributed by atoms with Gasteiger partial charge < -0.3 is 0 Å². The third-order valence-corrected chi connectivity index (χ3v) is 2.45. The van der Waals surface area contributed by atoms with Crippen LogP contribution in [0.1, 0.15) is 39.5 Å². The van der Waals surface area contributed by atoms with Gasteiger partial charge in [0, 0.05) is 0 Å². The molecular formula is C9H16. The zero-order valence-electron chi connectivity index (χ0n) is 6.48. The molecule has 0 amide bonds. The Balaban J connectivity index is 2.42. The fourth-order valence-electron chi connectivity index (χ4n) is 1.62. The molecule has 0 aliphatic heterocycles. The molecule has 0 heterocycles. The van der Waals surface area contributed by atoms with Crippen LogP contribution in [-0.4, -0.2) is 0 Å². The van der Waals surface area contributed by atoms with Gasteiger partial charge in [-0.1, -0.05) is 24.5 Å². The molecule has 1 fully saturated rings. The highest BCUT2D eigenvalue weighted by atomic mass is 14.2. The van der Waals surface area contributed by atoms with E-state index in [1.54, 1.807) is 5.57 Å². The molecule has 0 aromatic heterocycles. The van der Waals surface area contributed by atoms with E-state index in [0.717, 1.165) is 5.92 Å². The Morgan fingerprint density at radius 1 is 1.33 bits per heavy atom. The molecule has 0 N–H and O–H groups in total. The highest BCUT2D eigenvalue weighted by Crippen LogP contribution is 2.30. The molecule has 1 aliphatic carbocycles. The van der Waals surface area contributed by atoms with Gasteiger partial charge in [0.15, 0.2) is 0 Å². The van der Waals surface area contributed by atoms with E-state index in [1.807, 2.05) is 0 Å². The van der Waals surface area contributed by atoms with Crippen LogP contribution in [0.2, 0.25) is 0 Å². The third-order valence-electron chi connectivity index (χ3n) is 2.45. The molecule has 0 aromatic carbocycles. The molecule has 9 heavy (non-hydrogen) atoms. The van der Waals surface area contributed by atoms with E-state index in [0.29, 0.717) is 0 Å². The van der Waals surface area contributed by atoms with Crippen LogP contribution in [0, 0.1) is 5.92 Å². The maximum atomic E-state index is 2.26. The fraction of sp³-hybridized carbons (Fsp3) is 0.778. The minimum Gasteiger partial charge on any atom is -0.0885 e. The Kier molecular flexibility index (Phi) is 2.32. The summed E-state index contributed by atoms with van der Waals surface area (Å²) in [6, 6.07) is 0. The Bertz CT molecular complexity index is 105. The molecule has 0 aromatic rings. The van der Waals surface area contributed by atoms with Crippen LogP contribution < -0.4 is 0 Å². The second-order valence-electron chi connectivity index (χ2n) is 3.01. The van der Waals surface area contributed by atoms with E-state index < -0.39 is 0 Å². The van der Waals surface area contributed by atoms with Gasteiger partial charge in [0.1, 0.15) is 0 Å². The highest BCUT2D eigenvalue weighted by Gasteiger charge is 2.14. The molecule has 1 rings (SSSR count). The lowest BCUT2D eigenvalue weighted by atomic mass is 9.99. The van der Waals surface area contributed by atoms with Crippen molar-refractivity contribution in [2.45, 2.75) is 39.5 Å². The summed E-state index contributed by atoms with van der Waals surface area (Å²) in [7, 11) is 0. The Morgan fingerprint density at radius 3 is 2.33 bits per heavy atom. The smallest absolute Gasteiger partial charge is 0.0206 e. The summed E-state index contributed by atoms with van der Waals surface area (Å²) >= 11 is 0. The topological polar surface area (TPSA) is 0 Å². The van der Waals surface area contributed by atoms with Crippen molar-refractivity contribution in [3.8, 4) is 0 Å². The molecule has 0 bridgehead atoms. The second-order valence-corrected chi connectivity index (χ2v) is 3.01. The van der Waals surface area contributed by atoms with Gasteiger partial charge >= 0.3 is 0 Å². The van der Waals surface area contributed by atoms with Gasteiger partial charge in [0.25, 0.3) is 0 Å². The largest absolute Gasteiger partial charge is 0.0885 e. The van der Waals surface area contributed by atoms with Crippen LogP contribution in [0.3, 0.4) is 0 Å². The number of allylic oxidation sites excluding steroid dienone is 2. The summed E-state index contributed by atoms with van der Waals surface area (Å²) < 4.78 is 0. The van der Waals surface area contributed by atoms with Crippen molar-refractivity contribution in [1.29, 1.82) is 0 Å². The average Bonchev–Trinajstić information content (AvgIpc) is 2.37. The van der Waals surface area contributed by atoms with Crippen LogP contribution >= 0.6 is 0 Å². The molecule has 1 aliphatic rings. The summed E-state index contributed by atoms with van der Waals surface area (Å²) in [6.07, 6.45) is 8.05. The van der Waals surface area contributed by atoms with Crippen LogP contribution in [-0.2, 0) is 0 Å². The maximum absolute atomic E-state index is 2.26. The van der Waals surface area contributed by atoms with E-state index in [2.05, 4.69) is 19.9 Å². The van der Waals surface area contributed by atoms with Crippen molar-refractivity contribution < 1.29 is 0 Å². The van der Waals surface area contributed by atoms with Crippen molar-refractivity contribution in [2.75, 3.05) is 0 Å². The lowest BCUT2D eigenvalue weighted by Crippen LogP contribution is -1.92. The molecule has 52 valence electrons. The molecule has 0 spiro atoms. The molecule has 0 atom stereocenters. The monoisotopic (exact) mass is 124 g/mol.